The zero-order valence-corrected chi connectivity index (χ0v) is 18.1. The Hall–Kier alpha value is -2.32. The average Bonchev–Trinajstić information content (AvgIpc) is 3.32. The molecule has 1 amide bonds. The van der Waals surface area contributed by atoms with Crippen LogP contribution in [0.1, 0.15) is 26.1 Å². The lowest BCUT2D eigenvalue weighted by molar-refractivity contribution is -0.124. The normalized spacial score (nSPS) is 15.6. The first-order chi connectivity index (χ1) is 14.7. The van der Waals surface area contributed by atoms with Crippen molar-refractivity contribution < 1.29 is 23.8 Å². The Bertz CT molecular complexity index is 897. The Morgan fingerprint density at radius 2 is 1.73 bits per heavy atom. The van der Waals surface area contributed by atoms with E-state index in [1.54, 1.807) is 12.1 Å². The molecule has 30 heavy (non-hydrogen) atoms. The molecule has 2 aromatic carbocycles. The van der Waals surface area contributed by atoms with Gasteiger partial charge in [0.25, 0.3) is 5.91 Å². The summed E-state index contributed by atoms with van der Waals surface area (Å²) in [6, 6.07) is 13.2. The highest BCUT2D eigenvalue weighted by molar-refractivity contribution is 8.19. The first kappa shape index (κ1) is 20.9. The molecule has 1 saturated heterocycles. The van der Waals surface area contributed by atoms with E-state index in [1.165, 1.54) is 5.56 Å². The number of rotatable bonds is 7. The average molecular weight is 446 g/mol. The number of esters is 1. The maximum atomic E-state index is 12.2. The molecule has 0 aliphatic carbocycles. The van der Waals surface area contributed by atoms with Gasteiger partial charge in [-0.2, -0.15) is 0 Å². The topological polar surface area (TPSA) is 73.9 Å². The molecule has 2 aliphatic heterocycles. The van der Waals surface area contributed by atoms with Gasteiger partial charge in [-0.1, -0.05) is 18.2 Å². The Balaban J connectivity index is 1.18. The number of benzene rings is 2. The molecule has 0 unspecified atom stereocenters. The zero-order valence-electron chi connectivity index (χ0n) is 16.4. The molecule has 2 aromatic rings. The van der Waals surface area contributed by atoms with E-state index < -0.39 is 5.97 Å². The molecule has 6 nitrogen and oxygen atoms in total. The molecular weight excluding hydrogens is 422 g/mol. The van der Waals surface area contributed by atoms with Gasteiger partial charge in [0.05, 0.1) is 10.1 Å². The summed E-state index contributed by atoms with van der Waals surface area (Å²) in [5.74, 6) is 2.97. The summed E-state index contributed by atoms with van der Waals surface area (Å²) in [5, 5.41) is 2.77. The predicted molar refractivity (Wildman–Crippen MR) is 119 cm³/mol. The van der Waals surface area contributed by atoms with Gasteiger partial charge >= 0.3 is 5.97 Å². The molecule has 0 atom stereocenters. The van der Waals surface area contributed by atoms with Crippen molar-refractivity contribution in [1.82, 2.24) is 5.32 Å². The molecule has 4 rings (SSSR count). The Kier molecular flexibility index (Phi) is 7.07. The van der Waals surface area contributed by atoms with E-state index in [9.17, 15) is 9.59 Å². The van der Waals surface area contributed by atoms with Crippen LogP contribution in [0.2, 0.25) is 0 Å². The van der Waals surface area contributed by atoms with Crippen molar-refractivity contribution in [2.45, 2.75) is 11.0 Å². The van der Waals surface area contributed by atoms with E-state index in [4.69, 9.17) is 14.2 Å². The third-order valence-electron chi connectivity index (χ3n) is 4.72. The second-order valence-electron chi connectivity index (χ2n) is 6.85. The fourth-order valence-corrected chi connectivity index (χ4v) is 6.04. The van der Waals surface area contributed by atoms with E-state index in [0.717, 1.165) is 28.6 Å². The van der Waals surface area contributed by atoms with Crippen LogP contribution in [0.25, 0.3) is 0 Å². The van der Waals surface area contributed by atoms with Gasteiger partial charge in [0, 0.05) is 18.1 Å². The van der Waals surface area contributed by atoms with Crippen molar-refractivity contribution >= 4 is 35.4 Å². The van der Waals surface area contributed by atoms with Gasteiger partial charge in [-0.25, -0.2) is 4.79 Å². The predicted octanol–water partition coefficient (Wildman–Crippen LogP) is 3.45. The maximum absolute atomic E-state index is 12.2. The lowest BCUT2D eigenvalue weighted by Gasteiger charge is -2.18. The SMILES string of the molecule is O=C(COC(=O)c1ccc(C2SCCS2)cc1)NCCc1ccc2c(c1)OCCO2. The van der Waals surface area contributed by atoms with Crippen molar-refractivity contribution in [2.75, 3.05) is 37.9 Å². The van der Waals surface area contributed by atoms with Crippen LogP contribution in [0.15, 0.2) is 42.5 Å². The summed E-state index contributed by atoms with van der Waals surface area (Å²) < 4.78 is 16.6. The summed E-state index contributed by atoms with van der Waals surface area (Å²) in [6.45, 7) is 1.25. The lowest BCUT2D eigenvalue weighted by atomic mass is 10.1. The molecule has 158 valence electrons. The van der Waals surface area contributed by atoms with Crippen LogP contribution in [0.5, 0.6) is 11.5 Å². The number of amides is 1. The van der Waals surface area contributed by atoms with Crippen molar-refractivity contribution in [3.05, 3.63) is 59.2 Å². The van der Waals surface area contributed by atoms with Gasteiger partial charge < -0.3 is 19.5 Å². The summed E-state index contributed by atoms with van der Waals surface area (Å²) in [5.41, 5.74) is 2.70. The standard InChI is InChI=1S/C22H23NO5S2/c24-20(23-8-7-15-1-6-18-19(13-15)27-10-9-26-18)14-28-21(25)16-2-4-17(5-3-16)22-29-11-12-30-22/h1-6,13,22H,7-12,14H2,(H,23,24). The number of carbonyl (C=O) groups is 2. The van der Waals surface area contributed by atoms with Crippen LogP contribution in [0.4, 0.5) is 0 Å². The van der Waals surface area contributed by atoms with Crippen LogP contribution in [0.3, 0.4) is 0 Å². The van der Waals surface area contributed by atoms with Crippen LogP contribution in [-0.2, 0) is 16.0 Å². The summed E-state index contributed by atoms with van der Waals surface area (Å²) in [6.07, 6.45) is 0.648. The molecule has 0 spiro atoms. The Labute approximate surface area is 184 Å². The number of thioether (sulfide) groups is 2. The molecular formula is C22H23NO5S2. The first-order valence-electron chi connectivity index (χ1n) is 9.84. The number of carbonyl (C=O) groups excluding carboxylic acids is 2. The quantitative estimate of drug-likeness (QED) is 0.655. The number of ether oxygens (including phenoxy) is 3. The molecule has 0 saturated carbocycles. The maximum Gasteiger partial charge on any atom is 0.338 e. The minimum atomic E-state index is -0.490. The minimum Gasteiger partial charge on any atom is -0.486 e. The van der Waals surface area contributed by atoms with E-state index in [-0.39, 0.29) is 12.5 Å². The lowest BCUT2D eigenvalue weighted by Crippen LogP contribution is -2.30. The van der Waals surface area contributed by atoms with E-state index in [2.05, 4.69) is 5.32 Å². The number of nitrogens with one attached hydrogen (secondary N) is 1. The van der Waals surface area contributed by atoms with Crippen molar-refractivity contribution in [2.24, 2.45) is 0 Å². The number of fused-ring (bicyclic) bond motifs is 1. The minimum absolute atomic E-state index is 0.296. The van der Waals surface area contributed by atoms with Crippen LogP contribution >= 0.6 is 23.5 Å². The van der Waals surface area contributed by atoms with Crippen LogP contribution in [0, 0.1) is 0 Å². The first-order valence-corrected chi connectivity index (χ1v) is 11.9. The molecule has 8 heteroatoms. The third kappa shape index (κ3) is 5.43. The van der Waals surface area contributed by atoms with Gasteiger partial charge in [-0.15, -0.1) is 23.5 Å². The largest absolute Gasteiger partial charge is 0.486 e. The summed E-state index contributed by atoms with van der Waals surface area (Å²) in [7, 11) is 0. The molecule has 1 N–H and O–H groups in total. The zero-order chi connectivity index (χ0) is 20.8. The van der Waals surface area contributed by atoms with E-state index in [1.807, 2.05) is 53.9 Å². The highest BCUT2D eigenvalue weighted by Crippen LogP contribution is 2.45. The number of hydrogen-bond donors (Lipinski definition) is 1. The van der Waals surface area contributed by atoms with Crippen molar-refractivity contribution in [1.29, 1.82) is 0 Å². The molecule has 0 bridgehead atoms. The second-order valence-corrected chi connectivity index (χ2v) is 9.57. The highest BCUT2D eigenvalue weighted by atomic mass is 32.2. The Morgan fingerprint density at radius 1 is 1.00 bits per heavy atom. The Morgan fingerprint density at radius 3 is 2.50 bits per heavy atom. The van der Waals surface area contributed by atoms with Gasteiger partial charge in [-0.3, -0.25) is 4.79 Å². The van der Waals surface area contributed by atoms with Crippen LogP contribution < -0.4 is 14.8 Å². The molecule has 2 aliphatic rings. The molecule has 1 fully saturated rings. The van der Waals surface area contributed by atoms with Gasteiger partial charge in [0.15, 0.2) is 18.1 Å². The summed E-state index contributed by atoms with van der Waals surface area (Å²) in [4.78, 5) is 24.2. The fraction of sp³-hybridized carbons (Fsp3) is 0.364. The van der Waals surface area contributed by atoms with Crippen molar-refractivity contribution in [3.63, 3.8) is 0 Å². The van der Waals surface area contributed by atoms with Crippen LogP contribution in [-0.4, -0.2) is 49.7 Å². The summed E-state index contributed by atoms with van der Waals surface area (Å²) >= 11 is 3.83. The molecule has 2 heterocycles. The highest BCUT2D eigenvalue weighted by Gasteiger charge is 2.19. The van der Waals surface area contributed by atoms with Gasteiger partial charge in [0.2, 0.25) is 0 Å². The van der Waals surface area contributed by atoms with Crippen molar-refractivity contribution in [3.8, 4) is 11.5 Å². The molecule has 0 aromatic heterocycles. The van der Waals surface area contributed by atoms with Gasteiger partial charge in [-0.05, 0) is 41.8 Å². The van der Waals surface area contributed by atoms with E-state index in [0.29, 0.717) is 36.3 Å². The van der Waals surface area contributed by atoms with E-state index >= 15 is 0 Å². The fourth-order valence-electron chi connectivity index (χ4n) is 3.18. The number of hydrogen-bond acceptors (Lipinski definition) is 7. The van der Waals surface area contributed by atoms with Gasteiger partial charge in [0.1, 0.15) is 13.2 Å². The third-order valence-corrected chi connectivity index (χ3v) is 7.82. The smallest absolute Gasteiger partial charge is 0.338 e. The molecule has 0 radical (unpaired) electrons. The monoisotopic (exact) mass is 445 g/mol. The second kappa shape index (κ2) is 10.1.